The molecular weight excluding hydrogens is 918 g/mol. The third kappa shape index (κ3) is 55.5. The highest BCUT2D eigenvalue weighted by Crippen LogP contribution is 2.43. The van der Waals surface area contributed by atoms with Crippen LogP contribution in [0, 0.1) is 0 Å². The molecule has 0 bridgehead atoms. The number of hydrogen-bond donors (Lipinski definition) is 2. The lowest BCUT2D eigenvalue weighted by Gasteiger charge is -2.19. The van der Waals surface area contributed by atoms with Crippen LogP contribution in [0.3, 0.4) is 0 Å². The minimum atomic E-state index is -4.39. The van der Waals surface area contributed by atoms with E-state index in [1.807, 2.05) is 0 Å². The van der Waals surface area contributed by atoms with Crippen LogP contribution >= 0.6 is 7.82 Å². The molecule has 0 radical (unpaired) electrons. The molecule has 9 nitrogen and oxygen atoms in total. The van der Waals surface area contributed by atoms with E-state index in [9.17, 15) is 19.0 Å². The van der Waals surface area contributed by atoms with Gasteiger partial charge in [-0.25, -0.2) is 4.57 Å². The summed E-state index contributed by atoms with van der Waals surface area (Å²) in [7, 11) is -4.39. The first-order chi connectivity index (χ1) is 35.3. The molecule has 0 saturated heterocycles. The van der Waals surface area contributed by atoms with Crippen molar-refractivity contribution in [2.24, 2.45) is 5.73 Å². The zero-order valence-electron chi connectivity index (χ0n) is 45.4. The van der Waals surface area contributed by atoms with Crippen LogP contribution in [0.25, 0.3) is 0 Å². The molecule has 0 rings (SSSR count). The van der Waals surface area contributed by atoms with Crippen molar-refractivity contribution in [3.05, 3.63) is 134 Å². The molecule has 0 aromatic carbocycles. The molecule has 10 heteroatoms. The number of hydrogen-bond acceptors (Lipinski definition) is 8. The molecule has 408 valence electrons. The van der Waals surface area contributed by atoms with Gasteiger partial charge in [-0.05, 0) is 116 Å². The highest BCUT2D eigenvalue weighted by atomic mass is 31.2. The normalized spacial score (nSPS) is 14.1. The molecule has 0 saturated carbocycles. The highest BCUT2D eigenvalue weighted by Gasteiger charge is 2.26. The van der Waals surface area contributed by atoms with E-state index < -0.39 is 32.5 Å². The summed E-state index contributed by atoms with van der Waals surface area (Å²) >= 11 is 0. The number of phosphoric acid groups is 1. The van der Waals surface area contributed by atoms with Crippen LogP contribution in [0.2, 0.25) is 0 Å². The third-order valence-corrected chi connectivity index (χ3v) is 12.3. The number of rotatable bonds is 51. The smallest absolute Gasteiger partial charge is 0.462 e. The molecule has 3 N–H and O–H groups in total. The zero-order chi connectivity index (χ0) is 52.4. The van der Waals surface area contributed by atoms with E-state index in [1.54, 1.807) is 0 Å². The van der Waals surface area contributed by atoms with Crippen molar-refractivity contribution in [2.45, 2.75) is 219 Å². The summed E-state index contributed by atoms with van der Waals surface area (Å²) in [4.78, 5) is 35.0. The number of phosphoric ester groups is 1. The van der Waals surface area contributed by atoms with Crippen molar-refractivity contribution in [3.63, 3.8) is 0 Å². The largest absolute Gasteiger partial charge is 0.472 e. The lowest BCUT2D eigenvalue weighted by molar-refractivity contribution is -0.161. The Bertz CT molecular complexity index is 1630. The summed E-state index contributed by atoms with van der Waals surface area (Å²) in [6, 6.07) is 0. The van der Waals surface area contributed by atoms with Crippen LogP contribution in [0.15, 0.2) is 134 Å². The maximum Gasteiger partial charge on any atom is 0.472 e. The van der Waals surface area contributed by atoms with E-state index in [4.69, 9.17) is 24.3 Å². The Kier molecular flexibility index (Phi) is 53.4. The number of carbonyl (C=O) groups excluding carboxylic acids is 2. The van der Waals surface area contributed by atoms with Crippen molar-refractivity contribution in [2.75, 3.05) is 26.4 Å². The van der Waals surface area contributed by atoms with E-state index in [0.29, 0.717) is 12.8 Å². The minimum Gasteiger partial charge on any atom is -0.462 e. The number of ether oxygens (including phenoxy) is 2. The summed E-state index contributed by atoms with van der Waals surface area (Å²) in [5, 5.41) is 0. The molecule has 0 aromatic heterocycles. The van der Waals surface area contributed by atoms with Gasteiger partial charge in [0, 0.05) is 19.4 Å². The number of unbranched alkanes of at least 4 members (excludes halogenated alkanes) is 16. The molecule has 72 heavy (non-hydrogen) atoms. The molecule has 2 unspecified atom stereocenters. The van der Waals surface area contributed by atoms with E-state index in [2.05, 4.69) is 148 Å². The number of allylic oxidation sites excluding steroid dienone is 22. The quantitative estimate of drug-likeness (QED) is 0.0264. The van der Waals surface area contributed by atoms with E-state index in [1.165, 1.54) is 44.9 Å². The lowest BCUT2D eigenvalue weighted by Crippen LogP contribution is -2.29. The Morgan fingerprint density at radius 1 is 0.431 bits per heavy atom. The summed E-state index contributed by atoms with van der Waals surface area (Å²) in [5.74, 6) is -0.858. The Morgan fingerprint density at radius 3 is 1.15 bits per heavy atom. The Hall–Kier alpha value is -3.85. The van der Waals surface area contributed by atoms with Gasteiger partial charge in [-0.1, -0.05) is 218 Å². The minimum absolute atomic E-state index is 0.0447. The molecule has 0 aliphatic rings. The second kappa shape index (κ2) is 56.4. The van der Waals surface area contributed by atoms with E-state index in [-0.39, 0.29) is 32.6 Å². The Morgan fingerprint density at radius 2 is 0.764 bits per heavy atom. The summed E-state index contributed by atoms with van der Waals surface area (Å²) in [5.41, 5.74) is 5.36. The molecule has 0 aliphatic heterocycles. The first-order valence-corrected chi connectivity index (χ1v) is 29.7. The van der Waals surface area contributed by atoms with Crippen LogP contribution in [-0.2, 0) is 32.7 Å². The maximum absolute atomic E-state index is 12.7. The van der Waals surface area contributed by atoms with E-state index in [0.717, 1.165) is 128 Å². The van der Waals surface area contributed by atoms with Gasteiger partial charge in [-0.3, -0.25) is 18.6 Å². The number of esters is 2. The molecular formula is C62H102NO8P. The SMILES string of the molecule is CC/C=C\C/C=C\C/C=C\C/C=C\C/C=C\C/C=C\C/C=C\C/C=C\C/C=C\C/C=C\CCCCCCCCCCC(=O)OC(COC(=O)CCCCCCC/C=C\CCCCC)COP(=O)(O)OCCN. The van der Waals surface area contributed by atoms with Gasteiger partial charge < -0.3 is 20.1 Å². The number of carbonyl (C=O) groups is 2. The number of nitrogens with two attached hydrogens (primary N) is 1. The molecule has 0 fully saturated rings. The highest BCUT2D eigenvalue weighted by molar-refractivity contribution is 7.47. The van der Waals surface area contributed by atoms with Gasteiger partial charge in [-0.15, -0.1) is 0 Å². The van der Waals surface area contributed by atoms with Crippen molar-refractivity contribution in [1.82, 2.24) is 0 Å². The van der Waals surface area contributed by atoms with Crippen LogP contribution in [0.5, 0.6) is 0 Å². The third-order valence-electron chi connectivity index (χ3n) is 11.3. The van der Waals surface area contributed by atoms with Crippen LogP contribution in [0.4, 0.5) is 0 Å². The lowest BCUT2D eigenvalue weighted by atomic mass is 10.1. The van der Waals surface area contributed by atoms with Crippen LogP contribution < -0.4 is 5.73 Å². The first kappa shape index (κ1) is 68.2. The predicted molar refractivity (Wildman–Crippen MR) is 307 cm³/mol. The van der Waals surface area contributed by atoms with Crippen LogP contribution in [0.1, 0.15) is 213 Å². The van der Waals surface area contributed by atoms with E-state index >= 15 is 0 Å². The molecule has 0 heterocycles. The average Bonchev–Trinajstić information content (AvgIpc) is 3.37. The second-order valence-electron chi connectivity index (χ2n) is 18.1. The first-order valence-electron chi connectivity index (χ1n) is 28.2. The topological polar surface area (TPSA) is 134 Å². The van der Waals surface area contributed by atoms with Crippen molar-refractivity contribution < 1.29 is 37.6 Å². The van der Waals surface area contributed by atoms with Gasteiger partial charge >= 0.3 is 19.8 Å². The Balaban J connectivity index is 3.99. The fraction of sp³-hybridized carbons (Fsp3) is 0.613. The van der Waals surface area contributed by atoms with Gasteiger partial charge in [0.15, 0.2) is 6.10 Å². The van der Waals surface area contributed by atoms with Gasteiger partial charge in [-0.2, -0.15) is 0 Å². The van der Waals surface area contributed by atoms with Gasteiger partial charge in [0.2, 0.25) is 0 Å². The predicted octanol–water partition coefficient (Wildman–Crippen LogP) is 17.8. The second-order valence-corrected chi connectivity index (χ2v) is 19.5. The van der Waals surface area contributed by atoms with Crippen molar-refractivity contribution >= 4 is 19.8 Å². The summed E-state index contributed by atoms with van der Waals surface area (Å²) in [6.45, 7) is 3.56. The molecule has 0 spiro atoms. The fourth-order valence-electron chi connectivity index (χ4n) is 7.13. The van der Waals surface area contributed by atoms with Crippen molar-refractivity contribution in [3.8, 4) is 0 Å². The molecule has 2 atom stereocenters. The molecule has 0 aromatic rings. The summed E-state index contributed by atoms with van der Waals surface area (Å²) in [6.07, 6.45) is 79.4. The maximum atomic E-state index is 12.7. The van der Waals surface area contributed by atoms with Crippen LogP contribution in [-0.4, -0.2) is 49.3 Å². The standard InChI is InChI=1S/C62H102NO8P/c1-3-5-7-9-11-13-15-17-18-19-20-21-22-23-24-25-26-27-28-29-30-31-32-33-34-35-36-37-38-39-40-41-42-43-45-47-49-51-53-55-62(65)71-60(59-70-72(66,67)69-57-56-63)58-68-61(64)54-52-50-48-46-44-16-14-12-10-8-6-4-2/h5,7,11-14,17-18,20-21,23-24,26-27,29-30,32-33,35-36,38-39,60H,3-4,6,8-10,15-16,19,22,25,28,31,34,37,40-59,63H2,1-2H3,(H,66,67)/b7-5-,13-11-,14-12-,18-17-,21-20-,24-23-,27-26-,30-29-,33-32-,36-35-,39-38-. The summed E-state index contributed by atoms with van der Waals surface area (Å²) < 4.78 is 32.9. The van der Waals surface area contributed by atoms with Gasteiger partial charge in [0.1, 0.15) is 6.61 Å². The monoisotopic (exact) mass is 1020 g/mol. The van der Waals surface area contributed by atoms with Gasteiger partial charge in [0.25, 0.3) is 0 Å². The molecule has 0 aliphatic carbocycles. The Labute approximate surface area is 440 Å². The average molecular weight is 1020 g/mol. The van der Waals surface area contributed by atoms with Gasteiger partial charge in [0.05, 0.1) is 13.2 Å². The van der Waals surface area contributed by atoms with Crippen molar-refractivity contribution in [1.29, 1.82) is 0 Å². The zero-order valence-corrected chi connectivity index (χ0v) is 46.3. The molecule has 0 amide bonds. The fourth-order valence-corrected chi connectivity index (χ4v) is 7.89.